The van der Waals surface area contributed by atoms with Crippen LogP contribution >= 0.6 is 11.8 Å². The number of hydrogen-bond acceptors (Lipinski definition) is 3. The zero-order chi connectivity index (χ0) is 18.7. The molecule has 1 fully saturated rings. The molecule has 1 aliphatic carbocycles. The Morgan fingerprint density at radius 1 is 0.962 bits per heavy atom. The predicted octanol–water partition coefficient (Wildman–Crippen LogP) is 4.77. The topological polar surface area (TPSA) is 58.2 Å². The van der Waals surface area contributed by atoms with Gasteiger partial charge in [0.25, 0.3) is 0 Å². The van der Waals surface area contributed by atoms with E-state index in [4.69, 9.17) is 0 Å². The number of rotatable bonds is 6. The number of aryl methyl sites for hydroxylation is 2. The first-order valence-corrected chi connectivity index (χ1v) is 9.75. The number of carbonyl (C=O) groups excluding carboxylic acids is 2. The van der Waals surface area contributed by atoms with E-state index < -0.39 is 0 Å². The van der Waals surface area contributed by atoms with Gasteiger partial charge in [-0.25, -0.2) is 0 Å². The van der Waals surface area contributed by atoms with E-state index >= 15 is 0 Å². The first kappa shape index (κ1) is 18.5. The van der Waals surface area contributed by atoms with Crippen LogP contribution in [-0.2, 0) is 9.59 Å². The molecule has 0 heterocycles. The molecule has 1 atom stereocenters. The monoisotopic (exact) mass is 368 g/mol. The molecular formula is C21H24N2O2S. The van der Waals surface area contributed by atoms with Crippen molar-refractivity contribution < 1.29 is 9.59 Å². The van der Waals surface area contributed by atoms with Crippen molar-refractivity contribution in [3.63, 3.8) is 0 Å². The third-order valence-corrected chi connectivity index (χ3v) is 5.35. The Bertz CT molecular complexity index is 793. The van der Waals surface area contributed by atoms with Crippen LogP contribution in [0.3, 0.4) is 0 Å². The number of amides is 2. The number of hydrogen-bond donors (Lipinski definition) is 2. The standard InChI is InChI=1S/C21H24N2O2S/c1-13-10-14(2)12-18(11-13)23-20(24)15(3)26-19-8-6-17(7-9-19)22-21(25)16-4-5-16/h6-12,15-16H,4-5H2,1-3H3,(H,22,25)(H,23,24). The minimum atomic E-state index is -0.220. The highest BCUT2D eigenvalue weighted by molar-refractivity contribution is 8.00. The maximum Gasteiger partial charge on any atom is 0.237 e. The lowest BCUT2D eigenvalue weighted by atomic mass is 10.1. The van der Waals surface area contributed by atoms with E-state index in [1.807, 2.05) is 57.2 Å². The summed E-state index contributed by atoms with van der Waals surface area (Å²) in [5.74, 6) is 0.274. The molecule has 0 aromatic heterocycles. The molecule has 2 N–H and O–H groups in total. The van der Waals surface area contributed by atoms with Gasteiger partial charge in [-0.2, -0.15) is 0 Å². The summed E-state index contributed by atoms with van der Waals surface area (Å²) in [6.45, 7) is 5.93. The lowest BCUT2D eigenvalue weighted by Crippen LogP contribution is -2.22. The summed E-state index contributed by atoms with van der Waals surface area (Å²) in [6.07, 6.45) is 1.99. The van der Waals surface area contributed by atoms with Gasteiger partial charge in [-0.3, -0.25) is 9.59 Å². The summed E-state index contributed by atoms with van der Waals surface area (Å²) in [4.78, 5) is 25.2. The van der Waals surface area contributed by atoms with Gasteiger partial charge in [0, 0.05) is 22.2 Å². The van der Waals surface area contributed by atoms with Crippen molar-refractivity contribution in [2.24, 2.45) is 5.92 Å². The van der Waals surface area contributed by atoms with Gasteiger partial charge in [0.1, 0.15) is 0 Å². The van der Waals surface area contributed by atoms with Crippen LogP contribution < -0.4 is 10.6 Å². The number of benzene rings is 2. The Hall–Kier alpha value is -2.27. The summed E-state index contributed by atoms with van der Waals surface area (Å²) in [5.41, 5.74) is 3.89. The van der Waals surface area contributed by atoms with Gasteiger partial charge in [0.05, 0.1) is 5.25 Å². The maximum atomic E-state index is 12.4. The average molecular weight is 369 g/mol. The van der Waals surface area contributed by atoms with Crippen molar-refractivity contribution in [3.05, 3.63) is 53.6 Å². The third kappa shape index (κ3) is 5.11. The molecule has 2 amide bonds. The number of carbonyl (C=O) groups is 2. The largest absolute Gasteiger partial charge is 0.326 e. The Balaban J connectivity index is 1.55. The van der Waals surface area contributed by atoms with E-state index in [0.29, 0.717) is 0 Å². The average Bonchev–Trinajstić information content (AvgIpc) is 3.40. The molecule has 0 radical (unpaired) electrons. The third-order valence-electron chi connectivity index (χ3n) is 4.24. The first-order chi connectivity index (χ1) is 12.4. The van der Waals surface area contributed by atoms with Crippen molar-refractivity contribution in [1.29, 1.82) is 0 Å². The summed E-state index contributed by atoms with van der Waals surface area (Å²) < 4.78 is 0. The van der Waals surface area contributed by atoms with Gasteiger partial charge < -0.3 is 10.6 Å². The van der Waals surface area contributed by atoms with Crippen LogP contribution in [0, 0.1) is 19.8 Å². The molecule has 0 saturated heterocycles. The smallest absolute Gasteiger partial charge is 0.237 e. The van der Waals surface area contributed by atoms with E-state index in [0.717, 1.165) is 40.2 Å². The normalized spacial score (nSPS) is 14.6. The quantitative estimate of drug-likeness (QED) is 0.722. The number of thioether (sulfide) groups is 1. The van der Waals surface area contributed by atoms with E-state index in [1.165, 1.54) is 11.8 Å². The van der Waals surface area contributed by atoms with E-state index in [2.05, 4.69) is 16.7 Å². The van der Waals surface area contributed by atoms with E-state index in [1.54, 1.807) is 0 Å². The van der Waals surface area contributed by atoms with E-state index in [-0.39, 0.29) is 23.0 Å². The molecule has 1 saturated carbocycles. The van der Waals surface area contributed by atoms with Gasteiger partial charge in [0.15, 0.2) is 0 Å². The van der Waals surface area contributed by atoms with Crippen LogP contribution in [-0.4, -0.2) is 17.1 Å². The molecular weight excluding hydrogens is 344 g/mol. The molecule has 4 nitrogen and oxygen atoms in total. The highest BCUT2D eigenvalue weighted by Gasteiger charge is 2.29. The second-order valence-corrected chi connectivity index (χ2v) is 8.33. The molecule has 2 aromatic rings. The molecule has 0 aliphatic heterocycles. The summed E-state index contributed by atoms with van der Waals surface area (Å²) in [5, 5.41) is 5.69. The van der Waals surface area contributed by atoms with E-state index in [9.17, 15) is 9.59 Å². The minimum Gasteiger partial charge on any atom is -0.326 e. The predicted molar refractivity (Wildman–Crippen MR) is 108 cm³/mol. The molecule has 1 aliphatic rings. The first-order valence-electron chi connectivity index (χ1n) is 8.87. The van der Waals surface area contributed by atoms with Crippen LogP contribution in [0.5, 0.6) is 0 Å². The molecule has 136 valence electrons. The molecule has 5 heteroatoms. The molecule has 1 unspecified atom stereocenters. The molecule has 0 bridgehead atoms. The minimum absolute atomic E-state index is 0.0221. The zero-order valence-electron chi connectivity index (χ0n) is 15.3. The van der Waals surface area contributed by atoms with Crippen molar-refractivity contribution in [2.45, 2.75) is 43.8 Å². The summed E-state index contributed by atoms with van der Waals surface area (Å²) >= 11 is 1.50. The number of anilines is 2. The SMILES string of the molecule is Cc1cc(C)cc(NC(=O)C(C)Sc2ccc(NC(=O)C3CC3)cc2)c1. The van der Waals surface area contributed by atoms with Crippen LogP contribution in [0.25, 0.3) is 0 Å². The van der Waals surface area contributed by atoms with Gasteiger partial charge in [0.2, 0.25) is 11.8 Å². The van der Waals surface area contributed by atoms with Crippen molar-refractivity contribution in [3.8, 4) is 0 Å². The van der Waals surface area contributed by atoms with Crippen LogP contribution in [0.4, 0.5) is 11.4 Å². The van der Waals surface area contributed by atoms with Crippen LogP contribution in [0.15, 0.2) is 47.4 Å². The van der Waals surface area contributed by atoms with Crippen molar-refractivity contribution in [2.75, 3.05) is 10.6 Å². The van der Waals surface area contributed by atoms with Crippen LogP contribution in [0.2, 0.25) is 0 Å². The zero-order valence-corrected chi connectivity index (χ0v) is 16.2. The van der Waals surface area contributed by atoms with Gasteiger partial charge in [-0.05, 0) is 81.1 Å². The number of nitrogens with one attached hydrogen (secondary N) is 2. The Morgan fingerprint density at radius 3 is 2.15 bits per heavy atom. The molecule has 3 rings (SSSR count). The maximum absolute atomic E-state index is 12.4. The second kappa shape index (κ2) is 7.96. The molecule has 2 aromatic carbocycles. The fraction of sp³-hybridized carbons (Fsp3) is 0.333. The fourth-order valence-electron chi connectivity index (χ4n) is 2.76. The highest BCUT2D eigenvalue weighted by atomic mass is 32.2. The lowest BCUT2D eigenvalue weighted by Gasteiger charge is -2.13. The van der Waals surface area contributed by atoms with Crippen LogP contribution in [0.1, 0.15) is 30.9 Å². The Morgan fingerprint density at radius 2 is 1.58 bits per heavy atom. The van der Waals surface area contributed by atoms with Gasteiger partial charge in [-0.1, -0.05) is 6.07 Å². The molecule has 26 heavy (non-hydrogen) atoms. The fourth-order valence-corrected chi connectivity index (χ4v) is 3.62. The lowest BCUT2D eigenvalue weighted by molar-refractivity contribution is -0.117. The van der Waals surface area contributed by atoms with Gasteiger partial charge in [-0.15, -0.1) is 11.8 Å². The van der Waals surface area contributed by atoms with Crippen molar-refractivity contribution in [1.82, 2.24) is 0 Å². The summed E-state index contributed by atoms with van der Waals surface area (Å²) in [6, 6.07) is 13.7. The molecule has 0 spiro atoms. The highest BCUT2D eigenvalue weighted by Crippen LogP contribution is 2.31. The van der Waals surface area contributed by atoms with Crippen molar-refractivity contribution >= 4 is 35.0 Å². The summed E-state index contributed by atoms with van der Waals surface area (Å²) in [7, 11) is 0. The Labute approximate surface area is 158 Å². The Kier molecular flexibility index (Phi) is 5.67. The van der Waals surface area contributed by atoms with Gasteiger partial charge >= 0.3 is 0 Å². The second-order valence-electron chi connectivity index (χ2n) is 6.91.